The molecule has 2 heterocycles. The van der Waals surface area contributed by atoms with E-state index in [2.05, 4.69) is 5.92 Å². The van der Waals surface area contributed by atoms with E-state index in [0.29, 0.717) is 44.5 Å². The highest BCUT2D eigenvalue weighted by molar-refractivity contribution is 7.07. The zero-order valence-electron chi connectivity index (χ0n) is 20.3. The number of para-hydroxylation sites is 1. The molecule has 0 saturated heterocycles. The molecule has 2 aromatic carbocycles. The van der Waals surface area contributed by atoms with Gasteiger partial charge in [0, 0.05) is 23.7 Å². The maximum atomic E-state index is 13.8. The lowest BCUT2D eigenvalue weighted by atomic mass is 9.94. The summed E-state index contributed by atoms with van der Waals surface area (Å²) in [4.78, 5) is 34.4. The third kappa shape index (κ3) is 4.88. The Balaban J connectivity index is 1.94. The number of fused-ring (bicyclic) bond motifs is 1. The number of hydrogen-bond donors (Lipinski definition) is 0. The van der Waals surface area contributed by atoms with Gasteiger partial charge < -0.3 is 9.64 Å². The molecule has 0 radical (unpaired) electrons. The summed E-state index contributed by atoms with van der Waals surface area (Å²) in [7, 11) is 0. The Morgan fingerprint density at radius 2 is 1.92 bits per heavy atom. The van der Waals surface area contributed by atoms with Crippen molar-refractivity contribution in [2.75, 3.05) is 19.7 Å². The summed E-state index contributed by atoms with van der Waals surface area (Å²) in [5, 5.41) is 0.576. The van der Waals surface area contributed by atoms with Gasteiger partial charge in [0.15, 0.2) is 4.80 Å². The molecule has 1 amide bonds. The van der Waals surface area contributed by atoms with E-state index < -0.39 is 6.04 Å². The van der Waals surface area contributed by atoms with Crippen molar-refractivity contribution >= 4 is 34.9 Å². The summed E-state index contributed by atoms with van der Waals surface area (Å²) in [6.07, 6.45) is 7.13. The second-order valence-corrected chi connectivity index (χ2v) is 9.59. The van der Waals surface area contributed by atoms with Crippen LogP contribution in [0.4, 0.5) is 0 Å². The van der Waals surface area contributed by atoms with Crippen LogP contribution in [0.3, 0.4) is 0 Å². The summed E-state index contributed by atoms with van der Waals surface area (Å²) in [6.45, 7) is 6.92. The number of amides is 1. The van der Waals surface area contributed by atoms with Gasteiger partial charge >= 0.3 is 0 Å². The highest BCUT2D eigenvalue weighted by Gasteiger charge is 2.34. The minimum absolute atomic E-state index is 0.124. The number of aromatic nitrogens is 1. The van der Waals surface area contributed by atoms with Crippen molar-refractivity contribution in [1.82, 2.24) is 9.47 Å². The van der Waals surface area contributed by atoms with Crippen molar-refractivity contribution in [3.05, 3.63) is 95.6 Å². The molecule has 8 heteroatoms. The van der Waals surface area contributed by atoms with E-state index >= 15 is 0 Å². The number of thiazole rings is 1. The Bertz CT molecular complexity index is 1540. The standard InChI is InChI=1S/C28H26ClN3O3S/c1-5-16-35-22-11-9-8-10-20(22)17-23-26(33)32-25(19-12-14-21(29)15-13-19)24(18(4)30-28(32)36-23)27(34)31(6-2)7-3/h1,8-15,17,25H,6-7,16H2,2-4H3/b23-17+/t25-/m1/s1. The molecule has 1 aromatic heterocycles. The summed E-state index contributed by atoms with van der Waals surface area (Å²) < 4.78 is 7.74. The van der Waals surface area contributed by atoms with Crippen molar-refractivity contribution in [3.63, 3.8) is 0 Å². The van der Waals surface area contributed by atoms with Crippen molar-refractivity contribution in [2.45, 2.75) is 26.8 Å². The number of terminal acetylenes is 1. The lowest BCUT2D eigenvalue weighted by Gasteiger charge is -2.29. The number of allylic oxidation sites excluding steroid dienone is 1. The van der Waals surface area contributed by atoms with Gasteiger partial charge in [0.05, 0.1) is 21.8 Å². The zero-order valence-corrected chi connectivity index (χ0v) is 21.9. The first-order valence-electron chi connectivity index (χ1n) is 11.6. The van der Waals surface area contributed by atoms with Gasteiger partial charge in [0.1, 0.15) is 12.4 Å². The largest absolute Gasteiger partial charge is 0.480 e. The van der Waals surface area contributed by atoms with E-state index in [4.69, 9.17) is 27.8 Å². The SMILES string of the molecule is C#CCOc1ccccc1/C=c1/sc2n(c1=O)[C@H](c1ccc(Cl)cc1)C(C(=O)N(CC)CC)=C(C)N=2. The number of benzene rings is 2. The maximum Gasteiger partial charge on any atom is 0.271 e. The van der Waals surface area contributed by atoms with Crippen LogP contribution in [-0.4, -0.2) is 35.1 Å². The number of halogens is 1. The second-order valence-electron chi connectivity index (χ2n) is 8.14. The molecule has 1 aliphatic heterocycles. The smallest absolute Gasteiger partial charge is 0.271 e. The number of carbonyl (C=O) groups excluding carboxylic acids is 1. The molecular weight excluding hydrogens is 494 g/mol. The lowest BCUT2D eigenvalue weighted by molar-refractivity contribution is -0.127. The molecule has 6 nitrogen and oxygen atoms in total. The molecule has 0 unspecified atom stereocenters. The van der Waals surface area contributed by atoms with Crippen LogP contribution in [0, 0.1) is 12.3 Å². The summed E-state index contributed by atoms with van der Waals surface area (Å²) in [5.41, 5.74) is 2.36. The van der Waals surface area contributed by atoms with Crippen molar-refractivity contribution in [2.24, 2.45) is 4.99 Å². The number of hydrogen-bond acceptors (Lipinski definition) is 5. The molecule has 0 N–H and O–H groups in total. The monoisotopic (exact) mass is 519 g/mol. The Labute approximate surface area is 218 Å². The first-order valence-corrected chi connectivity index (χ1v) is 12.8. The quantitative estimate of drug-likeness (QED) is 0.446. The Hall–Kier alpha value is -3.60. The molecule has 0 aliphatic carbocycles. The fraction of sp³-hybridized carbons (Fsp3) is 0.250. The Morgan fingerprint density at radius 1 is 1.22 bits per heavy atom. The number of ether oxygens (including phenoxy) is 1. The van der Waals surface area contributed by atoms with Gasteiger partial charge in [0.25, 0.3) is 11.5 Å². The lowest BCUT2D eigenvalue weighted by Crippen LogP contribution is -2.43. The second kappa shape index (κ2) is 11.0. The van der Waals surface area contributed by atoms with Gasteiger partial charge in [-0.05, 0) is 50.6 Å². The van der Waals surface area contributed by atoms with E-state index in [-0.39, 0.29) is 18.1 Å². The molecule has 3 aromatic rings. The average molecular weight is 520 g/mol. The van der Waals surface area contributed by atoms with Crippen LogP contribution in [0.25, 0.3) is 6.08 Å². The van der Waals surface area contributed by atoms with E-state index in [9.17, 15) is 9.59 Å². The number of rotatable bonds is 7. The number of likely N-dealkylation sites (N-methyl/N-ethyl adjacent to an activating group) is 1. The molecule has 1 aliphatic rings. The van der Waals surface area contributed by atoms with Gasteiger partial charge in [-0.2, -0.15) is 0 Å². The minimum Gasteiger partial charge on any atom is -0.480 e. The molecule has 0 saturated carbocycles. The van der Waals surface area contributed by atoms with Gasteiger partial charge in [-0.1, -0.05) is 59.2 Å². The summed E-state index contributed by atoms with van der Waals surface area (Å²) in [5.74, 6) is 2.91. The van der Waals surface area contributed by atoms with Gasteiger partial charge in [-0.25, -0.2) is 4.99 Å². The van der Waals surface area contributed by atoms with Crippen LogP contribution in [0.2, 0.25) is 5.02 Å². The van der Waals surface area contributed by atoms with Crippen LogP contribution in [0.15, 0.2) is 69.6 Å². The predicted octanol–water partition coefficient (Wildman–Crippen LogP) is 3.77. The summed E-state index contributed by atoms with van der Waals surface area (Å²) >= 11 is 7.42. The summed E-state index contributed by atoms with van der Waals surface area (Å²) in [6, 6.07) is 14.0. The molecule has 4 rings (SSSR count). The minimum atomic E-state index is -0.623. The molecular formula is C28H26ClN3O3S. The third-order valence-electron chi connectivity index (χ3n) is 6.01. The van der Waals surface area contributed by atoms with Crippen LogP contribution in [0.1, 0.15) is 37.9 Å². The molecule has 184 valence electrons. The fourth-order valence-corrected chi connectivity index (χ4v) is 5.39. The first kappa shape index (κ1) is 25.5. The van der Waals surface area contributed by atoms with Crippen molar-refractivity contribution < 1.29 is 9.53 Å². The van der Waals surface area contributed by atoms with Crippen molar-refractivity contribution in [3.8, 4) is 18.1 Å². The fourth-order valence-electron chi connectivity index (χ4n) is 4.23. The molecule has 0 bridgehead atoms. The maximum absolute atomic E-state index is 13.8. The zero-order chi connectivity index (χ0) is 25.8. The van der Waals surface area contributed by atoms with E-state index in [1.165, 1.54) is 11.3 Å². The van der Waals surface area contributed by atoms with Crippen LogP contribution < -0.4 is 19.6 Å². The molecule has 0 spiro atoms. The molecule has 36 heavy (non-hydrogen) atoms. The topological polar surface area (TPSA) is 63.9 Å². The van der Waals surface area contributed by atoms with Gasteiger partial charge in [-0.3, -0.25) is 14.2 Å². The van der Waals surface area contributed by atoms with Crippen LogP contribution in [-0.2, 0) is 4.79 Å². The van der Waals surface area contributed by atoms with E-state index in [1.54, 1.807) is 27.7 Å². The number of nitrogens with zero attached hydrogens (tertiary/aromatic N) is 3. The Morgan fingerprint density at radius 3 is 2.58 bits per heavy atom. The Kier molecular flexibility index (Phi) is 7.78. The van der Waals surface area contributed by atoms with Gasteiger partial charge in [0.2, 0.25) is 0 Å². The number of carbonyl (C=O) groups is 1. The normalized spacial score (nSPS) is 15.2. The van der Waals surface area contributed by atoms with Crippen LogP contribution in [0.5, 0.6) is 5.75 Å². The van der Waals surface area contributed by atoms with E-state index in [1.807, 2.05) is 57.2 Å². The van der Waals surface area contributed by atoms with E-state index in [0.717, 1.165) is 11.1 Å². The van der Waals surface area contributed by atoms with Crippen LogP contribution >= 0.6 is 22.9 Å². The average Bonchev–Trinajstić information content (AvgIpc) is 3.18. The molecule has 0 fully saturated rings. The first-order chi connectivity index (χ1) is 17.4. The highest BCUT2D eigenvalue weighted by atomic mass is 35.5. The van der Waals surface area contributed by atoms with Gasteiger partial charge in [-0.15, -0.1) is 6.42 Å². The predicted molar refractivity (Wildman–Crippen MR) is 144 cm³/mol. The third-order valence-corrected chi connectivity index (χ3v) is 7.24. The molecule has 1 atom stereocenters. The van der Waals surface area contributed by atoms with Crippen molar-refractivity contribution in [1.29, 1.82) is 0 Å². The highest BCUT2D eigenvalue weighted by Crippen LogP contribution is 2.32.